The first-order valence-corrected chi connectivity index (χ1v) is 7.66. The van der Waals surface area contributed by atoms with Gasteiger partial charge in [0, 0.05) is 12.6 Å². The molecule has 4 N–H and O–H groups in total. The Morgan fingerprint density at radius 3 is 2.63 bits per heavy atom. The van der Waals surface area contributed by atoms with Gasteiger partial charge < -0.3 is 10.6 Å². The predicted molar refractivity (Wildman–Crippen MR) is 71.7 cm³/mol. The van der Waals surface area contributed by atoms with E-state index in [1.54, 1.807) is 0 Å². The minimum Gasteiger partial charge on any atom is -0.366 e. The van der Waals surface area contributed by atoms with Crippen molar-refractivity contribution in [3.05, 3.63) is 24.0 Å². The molecule has 1 aromatic rings. The van der Waals surface area contributed by atoms with Crippen LogP contribution in [0.25, 0.3) is 0 Å². The molecule has 7 heteroatoms. The Kier molecular flexibility index (Phi) is 3.80. The summed E-state index contributed by atoms with van der Waals surface area (Å²) in [5.74, 6) is -0.233. The number of halogens is 1. The third-order valence-electron chi connectivity index (χ3n) is 3.55. The molecule has 1 aromatic carbocycles. The highest BCUT2D eigenvalue weighted by molar-refractivity contribution is 7.89. The molecule has 1 aliphatic heterocycles. The van der Waals surface area contributed by atoms with Crippen LogP contribution in [0.5, 0.6) is 0 Å². The summed E-state index contributed by atoms with van der Waals surface area (Å²) in [5.41, 5.74) is 6.04. The third-order valence-corrected chi connectivity index (χ3v) is 4.46. The smallest absolute Gasteiger partial charge is 0.238 e. The fraction of sp³-hybridized carbons (Fsp3) is 0.500. The Bertz CT molecular complexity index is 576. The molecule has 0 spiro atoms. The number of hydrogen-bond acceptors (Lipinski definition) is 4. The van der Waals surface area contributed by atoms with Crippen LogP contribution in [0.15, 0.2) is 23.1 Å². The van der Waals surface area contributed by atoms with E-state index in [4.69, 9.17) is 10.9 Å². The van der Waals surface area contributed by atoms with E-state index >= 15 is 0 Å². The molecule has 106 valence electrons. The molecule has 1 fully saturated rings. The number of primary sulfonamides is 1. The average Bonchev–Trinajstić information content (AvgIpc) is 2.69. The van der Waals surface area contributed by atoms with Gasteiger partial charge in [-0.05, 0) is 44.0 Å². The second kappa shape index (κ2) is 5.07. The molecule has 0 aromatic heterocycles. The Morgan fingerprint density at radius 2 is 2.16 bits per heavy atom. The molecule has 0 radical (unpaired) electrons. The lowest BCUT2D eigenvalue weighted by molar-refractivity contribution is 0.579. The van der Waals surface area contributed by atoms with Gasteiger partial charge in [0.15, 0.2) is 0 Å². The maximum Gasteiger partial charge on any atom is 0.238 e. The van der Waals surface area contributed by atoms with Crippen LogP contribution in [0.3, 0.4) is 0 Å². The molecular weight excluding hydrogens is 269 g/mol. The molecule has 19 heavy (non-hydrogen) atoms. The van der Waals surface area contributed by atoms with E-state index in [0.29, 0.717) is 24.7 Å². The van der Waals surface area contributed by atoms with Crippen molar-refractivity contribution in [1.29, 1.82) is 0 Å². The fourth-order valence-corrected chi connectivity index (χ4v) is 3.07. The van der Waals surface area contributed by atoms with Gasteiger partial charge in [0.1, 0.15) is 5.82 Å². The van der Waals surface area contributed by atoms with Gasteiger partial charge >= 0.3 is 0 Å². The zero-order valence-corrected chi connectivity index (χ0v) is 11.5. The Labute approximate surface area is 112 Å². The minimum absolute atomic E-state index is 0.184. The second-order valence-corrected chi connectivity index (χ2v) is 6.56. The summed E-state index contributed by atoms with van der Waals surface area (Å²) in [4.78, 5) is 1.70. The molecule has 0 bridgehead atoms. The number of sulfonamides is 1. The zero-order valence-electron chi connectivity index (χ0n) is 10.7. The van der Waals surface area contributed by atoms with Crippen LogP contribution >= 0.6 is 0 Å². The van der Waals surface area contributed by atoms with E-state index in [1.807, 2.05) is 11.8 Å². The first-order chi connectivity index (χ1) is 8.82. The number of nitrogens with two attached hydrogens (primary N) is 2. The monoisotopic (exact) mass is 287 g/mol. The summed E-state index contributed by atoms with van der Waals surface area (Å²) in [5, 5.41) is 4.98. The maximum absolute atomic E-state index is 14.0. The lowest BCUT2D eigenvalue weighted by Crippen LogP contribution is -2.28. The number of rotatable bonds is 3. The van der Waals surface area contributed by atoms with Crippen molar-refractivity contribution in [1.82, 2.24) is 0 Å². The normalized spacial score (nSPS) is 23.9. The van der Waals surface area contributed by atoms with Gasteiger partial charge in [0.05, 0.1) is 10.6 Å². The van der Waals surface area contributed by atoms with E-state index in [1.165, 1.54) is 12.1 Å². The van der Waals surface area contributed by atoms with Crippen LogP contribution in [-0.4, -0.2) is 27.5 Å². The Morgan fingerprint density at radius 1 is 1.47 bits per heavy atom. The topological polar surface area (TPSA) is 89.4 Å². The lowest BCUT2D eigenvalue weighted by Gasteiger charge is -2.24. The summed E-state index contributed by atoms with van der Waals surface area (Å²) >= 11 is 0. The Hall–Kier alpha value is -1.18. The molecule has 2 unspecified atom stereocenters. The SMILES string of the molecule is CC1CC(CN)CN1c1ccc(S(N)(=O)=O)cc1F. The van der Waals surface area contributed by atoms with Crippen molar-refractivity contribution < 1.29 is 12.8 Å². The molecule has 1 aliphatic rings. The molecule has 0 saturated carbocycles. The van der Waals surface area contributed by atoms with E-state index in [0.717, 1.165) is 12.5 Å². The molecule has 0 aliphatic carbocycles. The largest absolute Gasteiger partial charge is 0.366 e. The first kappa shape index (κ1) is 14.2. The van der Waals surface area contributed by atoms with Crippen molar-refractivity contribution in [2.75, 3.05) is 18.0 Å². The highest BCUT2D eigenvalue weighted by atomic mass is 32.2. The van der Waals surface area contributed by atoms with Gasteiger partial charge in [-0.3, -0.25) is 0 Å². The molecule has 5 nitrogen and oxygen atoms in total. The summed E-state index contributed by atoms with van der Waals surface area (Å²) in [6.45, 7) is 3.25. The number of benzene rings is 1. The highest BCUT2D eigenvalue weighted by Crippen LogP contribution is 2.31. The van der Waals surface area contributed by atoms with E-state index in [-0.39, 0.29) is 10.9 Å². The van der Waals surface area contributed by atoms with Gasteiger partial charge in [-0.1, -0.05) is 0 Å². The fourth-order valence-electron chi connectivity index (χ4n) is 2.55. The summed E-state index contributed by atoms with van der Waals surface area (Å²) < 4.78 is 36.4. The molecule has 2 atom stereocenters. The quantitative estimate of drug-likeness (QED) is 0.854. The molecule has 0 amide bonds. The van der Waals surface area contributed by atoms with Crippen molar-refractivity contribution in [2.45, 2.75) is 24.3 Å². The van der Waals surface area contributed by atoms with E-state index in [9.17, 15) is 12.8 Å². The Balaban J connectivity index is 2.32. The second-order valence-electron chi connectivity index (χ2n) is 5.00. The predicted octanol–water partition coefficient (Wildman–Crippen LogP) is 0.647. The van der Waals surface area contributed by atoms with Crippen LogP contribution in [0.1, 0.15) is 13.3 Å². The van der Waals surface area contributed by atoms with Crippen molar-refractivity contribution in [3.8, 4) is 0 Å². The maximum atomic E-state index is 14.0. The third kappa shape index (κ3) is 2.88. The zero-order chi connectivity index (χ0) is 14.2. The number of hydrogen-bond donors (Lipinski definition) is 2. The van der Waals surface area contributed by atoms with Crippen LogP contribution in [0.4, 0.5) is 10.1 Å². The molecule has 2 rings (SSSR count). The minimum atomic E-state index is -3.87. The molecular formula is C12H18FN3O2S. The van der Waals surface area contributed by atoms with Crippen LogP contribution < -0.4 is 15.8 Å². The van der Waals surface area contributed by atoms with Gasteiger partial charge in [-0.25, -0.2) is 17.9 Å². The summed E-state index contributed by atoms with van der Waals surface area (Å²) in [6.07, 6.45) is 0.910. The summed E-state index contributed by atoms with van der Waals surface area (Å²) in [7, 11) is -3.87. The molecule has 1 heterocycles. The van der Waals surface area contributed by atoms with Crippen LogP contribution in [-0.2, 0) is 10.0 Å². The number of anilines is 1. The van der Waals surface area contributed by atoms with Crippen molar-refractivity contribution >= 4 is 15.7 Å². The van der Waals surface area contributed by atoms with Crippen LogP contribution in [0.2, 0.25) is 0 Å². The molecule has 1 saturated heterocycles. The standard InChI is InChI=1S/C12H18FN3O2S/c1-8-4-9(6-14)7-16(8)12-3-2-10(5-11(12)13)19(15,17)18/h2-3,5,8-9H,4,6-7,14H2,1H3,(H2,15,17,18). The van der Waals surface area contributed by atoms with Crippen molar-refractivity contribution in [3.63, 3.8) is 0 Å². The summed E-state index contributed by atoms with van der Waals surface area (Å²) in [6, 6.07) is 3.94. The van der Waals surface area contributed by atoms with Crippen molar-refractivity contribution in [2.24, 2.45) is 16.8 Å². The first-order valence-electron chi connectivity index (χ1n) is 6.12. The lowest BCUT2D eigenvalue weighted by atomic mass is 10.1. The van der Waals surface area contributed by atoms with Crippen LogP contribution in [0, 0.1) is 11.7 Å². The highest BCUT2D eigenvalue weighted by Gasteiger charge is 2.30. The van der Waals surface area contributed by atoms with E-state index < -0.39 is 15.8 Å². The van der Waals surface area contributed by atoms with Gasteiger partial charge in [0.2, 0.25) is 10.0 Å². The van der Waals surface area contributed by atoms with E-state index in [2.05, 4.69) is 0 Å². The van der Waals surface area contributed by atoms with Gasteiger partial charge in [0.25, 0.3) is 0 Å². The number of nitrogens with zero attached hydrogens (tertiary/aromatic N) is 1. The van der Waals surface area contributed by atoms with Gasteiger partial charge in [-0.2, -0.15) is 0 Å². The average molecular weight is 287 g/mol. The van der Waals surface area contributed by atoms with Gasteiger partial charge in [-0.15, -0.1) is 0 Å².